The normalized spacial score (nSPS) is 10.9. The molecule has 1 heterocycles. The molecule has 3 heteroatoms. The number of anilines is 1. The van der Waals surface area contributed by atoms with Crippen molar-refractivity contribution >= 4 is 5.69 Å². The lowest BCUT2D eigenvalue weighted by Crippen LogP contribution is -2.10. The van der Waals surface area contributed by atoms with Crippen LogP contribution in [0.25, 0.3) is 11.3 Å². The zero-order chi connectivity index (χ0) is 14.3. The van der Waals surface area contributed by atoms with Gasteiger partial charge in [-0.1, -0.05) is 6.07 Å². The van der Waals surface area contributed by atoms with Gasteiger partial charge in [0.05, 0.1) is 5.69 Å². The minimum absolute atomic E-state index is 1.10. The molecule has 0 saturated heterocycles. The second-order valence-corrected chi connectivity index (χ2v) is 5.53. The molecule has 0 saturated carbocycles. The Balaban J connectivity index is 2.68. The van der Waals surface area contributed by atoms with Crippen LogP contribution in [0.4, 0.5) is 5.69 Å². The first-order chi connectivity index (χ1) is 8.82. The Morgan fingerprint density at radius 2 is 1.63 bits per heavy atom. The van der Waals surface area contributed by atoms with Gasteiger partial charge in [0.25, 0.3) is 0 Å². The fraction of sp³-hybridized carbons (Fsp3) is 0.438. The van der Waals surface area contributed by atoms with E-state index in [0.29, 0.717) is 0 Å². The molecule has 0 N–H and O–H groups in total. The van der Waals surface area contributed by atoms with E-state index in [1.807, 2.05) is 11.7 Å². The van der Waals surface area contributed by atoms with Crippen LogP contribution in [0.2, 0.25) is 0 Å². The standard InChI is InChI=1S/C16H23N3/c1-10-8-11(2)15(18(5)6)9-14(10)16-12(3)13(4)19(7)17-16/h8-9H,1-7H3. The summed E-state index contributed by atoms with van der Waals surface area (Å²) in [6.07, 6.45) is 0. The van der Waals surface area contributed by atoms with Gasteiger partial charge in [0.1, 0.15) is 0 Å². The van der Waals surface area contributed by atoms with Crippen LogP contribution >= 0.6 is 0 Å². The SMILES string of the molecule is Cc1cc(C)c(N(C)C)cc1-c1nn(C)c(C)c1C. The Morgan fingerprint density at radius 3 is 2.11 bits per heavy atom. The smallest absolute Gasteiger partial charge is 0.0958 e. The van der Waals surface area contributed by atoms with Crippen LogP contribution in [0.3, 0.4) is 0 Å². The van der Waals surface area contributed by atoms with Crippen LogP contribution in [0.1, 0.15) is 22.4 Å². The van der Waals surface area contributed by atoms with Gasteiger partial charge in [-0.15, -0.1) is 0 Å². The highest BCUT2D eigenvalue weighted by atomic mass is 15.3. The Kier molecular flexibility index (Phi) is 3.40. The molecule has 0 bridgehead atoms. The predicted molar refractivity (Wildman–Crippen MR) is 81.9 cm³/mol. The lowest BCUT2D eigenvalue weighted by molar-refractivity contribution is 0.741. The summed E-state index contributed by atoms with van der Waals surface area (Å²) in [5, 5.41) is 4.67. The van der Waals surface area contributed by atoms with E-state index in [1.165, 1.54) is 33.6 Å². The van der Waals surface area contributed by atoms with Gasteiger partial charge in [-0.25, -0.2) is 0 Å². The number of aryl methyl sites for hydroxylation is 3. The van der Waals surface area contributed by atoms with E-state index in [9.17, 15) is 0 Å². The number of nitrogens with zero attached hydrogens (tertiary/aromatic N) is 3. The van der Waals surface area contributed by atoms with Crippen molar-refractivity contribution in [2.75, 3.05) is 19.0 Å². The van der Waals surface area contributed by atoms with Gasteiger partial charge in [0.2, 0.25) is 0 Å². The van der Waals surface area contributed by atoms with Gasteiger partial charge >= 0.3 is 0 Å². The Labute approximate surface area is 115 Å². The van der Waals surface area contributed by atoms with Crippen LogP contribution in [-0.4, -0.2) is 23.9 Å². The molecule has 3 nitrogen and oxygen atoms in total. The van der Waals surface area contributed by atoms with Crippen molar-refractivity contribution in [1.29, 1.82) is 0 Å². The third kappa shape index (κ3) is 2.25. The monoisotopic (exact) mass is 257 g/mol. The largest absolute Gasteiger partial charge is 0.377 e. The molecule has 2 rings (SSSR count). The first-order valence-corrected chi connectivity index (χ1v) is 6.62. The molecular formula is C16H23N3. The van der Waals surface area contributed by atoms with E-state index in [4.69, 9.17) is 0 Å². The molecule has 0 amide bonds. The third-order valence-electron chi connectivity index (χ3n) is 3.91. The lowest BCUT2D eigenvalue weighted by atomic mass is 9.98. The molecule has 19 heavy (non-hydrogen) atoms. The Hall–Kier alpha value is -1.77. The maximum atomic E-state index is 4.67. The molecule has 0 aliphatic carbocycles. The van der Waals surface area contributed by atoms with Crippen molar-refractivity contribution in [3.63, 3.8) is 0 Å². The van der Waals surface area contributed by atoms with Gasteiger partial charge in [0.15, 0.2) is 0 Å². The molecule has 0 atom stereocenters. The highest BCUT2D eigenvalue weighted by Gasteiger charge is 2.15. The predicted octanol–water partition coefficient (Wildman–Crippen LogP) is 3.39. The Bertz CT molecular complexity index is 621. The summed E-state index contributed by atoms with van der Waals surface area (Å²) in [5.74, 6) is 0. The van der Waals surface area contributed by atoms with E-state index < -0.39 is 0 Å². The average Bonchev–Trinajstić information content (AvgIpc) is 2.57. The van der Waals surface area contributed by atoms with Crippen molar-refractivity contribution in [3.05, 3.63) is 34.5 Å². The van der Waals surface area contributed by atoms with E-state index >= 15 is 0 Å². The highest BCUT2D eigenvalue weighted by molar-refractivity contribution is 5.73. The van der Waals surface area contributed by atoms with Gasteiger partial charge in [0, 0.05) is 38.1 Å². The van der Waals surface area contributed by atoms with Gasteiger partial charge in [-0.05, 0) is 50.5 Å². The number of benzene rings is 1. The first kappa shape index (κ1) is 13.7. The molecule has 1 aromatic carbocycles. The van der Waals surface area contributed by atoms with E-state index in [2.05, 4.69) is 63.9 Å². The van der Waals surface area contributed by atoms with Crippen LogP contribution in [0.15, 0.2) is 12.1 Å². The molecule has 102 valence electrons. The first-order valence-electron chi connectivity index (χ1n) is 6.62. The maximum absolute atomic E-state index is 4.67. The molecule has 0 unspecified atom stereocenters. The van der Waals surface area contributed by atoms with Crippen molar-refractivity contribution in [2.24, 2.45) is 7.05 Å². The number of rotatable bonds is 2. The molecule has 1 aromatic heterocycles. The number of aromatic nitrogens is 2. The highest BCUT2D eigenvalue weighted by Crippen LogP contribution is 2.32. The van der Waals surface area contributed by atoms with Gasteiger partial charge < -0.3 is 4.90 Å². The summed E-state index contributed by atoms with van der Waals surface area (Å²) in [6.45, 7) is 8.57. The van der Waals surface area contributed by atoms with Crippen LogP contribution < -0.4 is 4.90 Å². The van der Waals surface area contributed by atoms with Crippen molar-refractivity contribution < 1.29 is 0 Å². The summed E-state index contributed by atoms with van der Waals surface area (Å²) >= 11 is 0. The zero-order valence-corrected chi connectivity index (χ0v) is 13.0. The van der Waals surface area contributed by atoms with Crippen molar-refractivity contribution in [2.45, 2.75) is 27.7 Å². The van der Waals surface area contributed by atoms with E-state index in [1.54, 1.807) is 0 Å². The summed E-state index contributed by atoms with van der Waals surface area (Å²) in [6, 6.07) is 4.49. The molecule has 0 radical (unpaired) electrons. The molecule has 0 spiro atoms. The molecule has 2 aromatic rings. The third-order valence-corrected chi connectivity index (χ3v) is 3.91. The van der Waals surface area contributed by atoms with E-state index in [-0.39, 0.29) is 0 Å². The minimum Gasteiger partial charge on any atom is -0.377 e. The maximum Gasteiger partial charge on any atom is 0.0958 e. The van der Waals surface area contributed by atoms with Gasteiger partial charge in [-0.3, -0.25) is 4.68 Å². The fourth-order valence-corrected chi connectivity index (χ4v) is 2.55. The fourth-order valence-electron chi connectivity index (χ4n) is 2.55. The number of hydrogen-bond acceptors (Lipinski definition) is 2. The zero-order valence-electron chi connectivity index (χ0n) is 13.0. The summed E-state index contributed by atoms with van der Waals surface area (Å²) in [5.41, 5.74) is 8.65. The molecule has 0 fully saturated rings. The Morgan fingerprint density at radius 1 is 1.00 bits per heavy atom. The topological polar surface area (TPSA) is 21.1 Å². The summed E-state index contributed by atoms with van der Waals surface area (Å²) in [4.78, 5) is 2.16. The summed E-state index contributed by atoms with van der Waals surface area (Å²) < 4.78 is 1.96. The average molecular weight is 257 g/mol. The second-order valence-electron chi connectivity index (χ2n) is 5.53. The van der Waals surface area contributed by atoms with Crippen LogP contribution in [0.5, 0.6) is 0 Å². The van der Waals surface area contributed by atoms with Gasteiger partial charge in [-0.2, -0.15) is 5.10 Å². The second kappa shape index (κ2) is 4.72. The molecular weight excluding hydrogens is 234 g/mol. The molecule has 0 aliphatic heterocycles. The number of hydrogen-bond donors (Lipinski definition) is 0. The van der Waals surface area contributed by atoms with Crippen LogP contribution in [-0.2, 0) is 7.05 Å². The van der Waals surface area contributed by atoms with Crippen molar-refractivity contribution in [3.8, 4) is 11.3 Å². The minimum atomic E-state index is 1.10. The molecule has 0 aliphatic rings. The van der Waals surface area contributed by atoms with E-state index in [0.717, 1.165) is 5.69 Å². The summed E-state index contributed by atoms with van der Waals surface area (Å²) in [7, 11) is 6.16. The van der Waals surface area contributed by atoms with Crippen molar-refractivity contribution in [1.82, 2.24) is 9.78 Å². The quantitative estimate of drug-likeness (QED) is 0.822. The van der Waals surface area contributed by atoms with Crippen LogP contribution in [0, 0.1) is 27.7 Å². The lowest BCUT2D eigenvalue weighted by Gasteiger charge is -2.18.